The first-order valence-corrected chi connectivity index (χ1v) is 5.10. The molecule has 0 amide bonds. The molecule has 1 fully saturated rings. The van der Waals surface area contributed by atoms with E-state index in [-0.39, 0.29) is 0 Å². The van der Waals surface area contributed by atoms with Crippen molar-refractivity contribution < 1.29 is 21.0 Å². The molecule has 1 aliphatic rings. The van der Waals surface area contributed by atoms with Gasteiger partial charge in [-0.3, -0.25) is 21.0 Å². The van der Waals surface area contributed by atoms with Crippen molar-refractivity contribution in [2.45, 2.75) is 46.5 Å². The second-order valence-electron chi connectivity index (χ2n) is 4.26. The Kier molecular flexibility index (Phi) is 12.7. The topological polar surface area (TPSA) is 80.9 Å². The molecule has 1 rings (SSSR count). The van der Waals surface area contributed by atoms with Gasteiger partial charge < -0.3 is 0 Å². The van der Waals surface area contributed by atoms with Crippen molar-refractivity contribution in [3.05, 3.63) is 0 Å². The van der Waals surface area contributed by atoms with Crippen molar-refractivity contribution in [1.82, 2.24) is 0 Å². The summed E-state index contributed by atoms with van der Waals surface area (Å²) in [6.07, 6.45) is 5.92. The zero-order valence-corrected chi connectivity index (χ0v) is 9.35. The highest BCUT2D eigenvalue weighted by Gasteiger charge is 2.19. The standard InChI is InChI=1S/C10H20.2H2O2/c1-8(2)10-6-4-9(3)5-7-10;2*1-2/h8-10H,4-7H2,1-3H3;2*1-2H. The maximum absolute atomic E-state index is 6.00. The van der Waals surface area contributed by atoms with Gasteiger partial charge in [-0.2, -0.15) is 0 Å². The first-order chi connectivity index (χ1) is 6.70. The second-order valence-corrected chi connectivity index (χ2v) is 4.26. The van der Waals surface area contributed by atoms with Gasteiger partial charge in [-0.05, 0) is 30.6 Å². The summed E-state index contributed by atoms with van der Waals surface area (Å²) in [5.74, 6) is 2.97. The van der Waals surface area contributed by atoms with Gasteiger partial charge in [0.15, 0.2) is 0 Å². The van der Waals surface area contributed by atoms with Crippen molar-refractivity contribution in [3.63, 3.8) is 0 Å². The van der Waals surface area contributed by atoms with Crippen LogP contribution in [0.5, 0.6) is 0 Å². The Hall–Kier alpha value is -0.160. The van der Waals surface area contributed by atoms with E-state index in [1.54, 1.807) is 0 Å². The molecule has 4 heteroatoms. The van der Waals surface area contributed by atoms with E-state index in [9.17, 15) is 0 Å². The Bertz CT molecular complexity index is 98.3. The number of rotatable bonds is 1. The highest BCUT2D eigenvalue weighted by molar-refractivity contribution is 4.71. The summed E-state index contributed by atoms with van der Waals surface area (Å²) in [7, 11) is 0. The van der Waals surface area contributed by atoms with Gasteiger partial charge in [0.1, 0.15) is 0 Å². The molecule has 0 unspecified atom stereocenters. The lowest BCUT2D eigenvalue weighted by Crippen LogP contribution is -2.16. The molecule has 0 aromatic carbocycles. The van der Waals surface area contributed by atoms with E-state index in [0.717, 1.165) is 17.8 Å². The monoisotopic (exact) mass is 208 g/mol. The van der Waals surface area contributed by atoms with Crippen molar-refractivity contribution in [1.29, 1.82) is 0 Å². The molecule has 0 aromatic rings. The van der Waals surface area contributed by atoms with Crippen LogP contribution in [-0.4, -0.2) is 21.0 Å². The number of hydrogen-bond acceptors (Lipinski definition) is 4. The zero-order chi connectivity index (χ0) is 11.6. The molecule has 1 aliphatic carbocycles. The summed E-state index contributed by atoms with van der Waals surface area (Å²) in [4.78, 5) is 0. The van der Waals surface area contributed by atoms with Crippen LogP contribution in [0.25, 0.3) is 0 Å². The number of hydrogen-bond donors (Lipinski definition) is 4. The van der Waals surface area contributed by atoms with Gasteiger partial charge >= 0.3 is 0 Å². The molecule has 14 heavy (non-hydrogen) atoms. The van der Waals surface area contributed by atoms with Crippen LogP contribution in [0, 0.1) is 17.8 Å². The second kappa shape index (κ2) is 10.9. The highest BCUT2D eigenvalue weighted by Crippen LogP contribution is 2.32. The summed E-state index contributed by atoms with van der Waals surface area (Å²) >= 11 is 0. The molecule has 0 atom stereocenters. The SMILES string of the molecule is CC1CCC(C(C)C)CC1.OO.OO. The summed E-state index contributed by atoms with van der Waals surface area (Å²) in [6, 6.07) is 0. The van der Waals surface area contributed by atoms with E-state index < -0.39 is 0 Å². The maximum Gasteiger partial charge on any atom is -0.0391 e. The highest BCUT2D eigenvalue weighted by atomic mass is 17.0. The molecule has 4 N–H and O–H groups in total. The quantitative estimate of drug-likeness (QED) is 0.392. The van der Waals surface area contributed by atoms with E-state index >= 15 is 0 Å². The molecule has 0 aliphatic heterocycles. The Morgan fingerprint density at radius 2 is 1.21 bits per heavy atom. The molecule has 0 saturated heterocycles. The van der Waals surface area contributed by atoms with Crippen LogP contribution in [0.1, 0.15) is 46.5 Å². The third-order valence-electron chi connectivity index (χ3n) is 3.00. The minimum absolute atomic E-state index is 0.924. The smallest absolute Gasteiger partial charge is 0.0391 e. The van der Waals surface area contributed by atoms with Crippen LogP contribution < -0.4 is 0 Å². The molecule has 0 spiro atoms. The lowest BCUT2D eigenvalue weighted by molar-refractivity contribution is -0.176. The Morgan fingerprint density at radius 3 is 1.50 bits per heavy atom. The van der Waals surface area contributed by atoms with Crippen LogP contribution in [0.15, 0.2) is 0 Å². The summed E-state index contributed by atoms with van der Waals surface area (Å²) < 4.78 is 0. The molecule has 0 aromatic heterocycles. The van der Waals surface area contributed by atoms with Crippen molar-refractivity contribution in [2.75, 3.05) is 0 Å². The van der Waals surface area contributed by atoms with E-state index in [0.29, 0.717) is 0 Å². The molecular formula is C10H24O4. The average molecular weight is 208 g/mol. The lowest BCUT2D eigenvalue weighted by atomic mass is 9.78. The Morgan fingerprint density at radius 1 is 0.857 bits per heavy atom. The fraction of sp³-hybridized carbons (Fsp3) is 1.00. The summed E-state index contributed by atoms with van der Waals surface area (Å²) in [5, 5.41) is 24.0. The normalized spacial score (nSPS) is 25.7. The van der Waals surface area contributed by atoms with E-state index in [2.05, 4.69) is 20.8 Å². The van der Waals surface area contributed by atoms with Gasteiger partial charge in [-0.25, -0.2) is 0 Å². The van der Waals surface area contributed by atoms with Crippen LogP contribution in [0.2, 0.25) is 0 Å². The average Bonchev–Trinajstić information content (AvgIpc) is 2.24. The molecular weight excluding hydrogens is 184 g/mol. The van der Waals surface area contributed by atoms with Gasteiger partial charge in [0.2, 0.25) is 0 Å². The summed E-state index contributed by atoms with van der Waals surface area (Å²) in [5.41, 5.74) is 0. The van der Waals surface area contributed by atoms with Gasteiger partial charge in [-0.15, -0.1) is 0 Å². The van der Waals surface area contributed by atoms with Crippen LogP contribution in [-0.2, 0) is 0 Å². The van der Waals surface area contributed by atoms with Crippen LogP contribution in [0.4, 0.5) is 0 Å². The zero-order valence-electron chi connectivity index (χ0n) is 9.35. The third kappa shape index (κ3) is 7.26. The van der Waals surface area contributed by atoms with Crippen molar-refractivity contribution in [3.8, 4) is 0 Å². The largest absolute Gasteiger partial charge is 0.255 e. The molecule has 0 heterocycles. The minimum atomic E-state index is 0.924. The predicted molar refractivity (Wildman–Crippen MR) is 56.5 cm³/mol. The van der Waals surface area contributed by atoms with E-state index in [1.807, 2.05) is 0 Å². The molecule has 88 valence electrons. The molecule has 0 bridgehead atoms. The van der Waals surface area contributed by atoms with Crippen LogP contribution >= 0.6 is 0 Å². The Labute approximate surface area is 86.1 Å². The van der Waals surface area contributed by atoms with Gasteiger partial charge in [0.05, 0.1) is 0 Å². The van der Waals surface area contributed by atoms with Gasteiger partial charge in [0.25, 0.3) is 0 Å². The van der Waals surface area contributed by atoms with Crippen molar-refractivity contribution in [2.24, 2.45) is 17.8 Å². The fourth-order valence-electron chi connectivity index (χ4n) is 1.95. The lowest BCUT2D eigenvalue weighted by Gasteiger charge is -2.28. The van der Waals surface area contributed by atoms with Crippen molar-refractivity contribution >= 4 is 0 Å². The Balaban J connectivity index is 0. The fourth-order valence-corrected chi connectivity index (χ4v) is 1.95. The first kappa shape index (κ1) is 16.3. The molecule has 4 nitrogen and oxygen atoms in total. The minimum Gasteiger partial charge on any atom is -0.255 e. The first-order valence-electron chi connectivity index (χ1n) is 5.10. The van der Waals surface area contributed by atoms with Crippen LogP contribution in [0.3, 0.4) is 0 Å². The molecule has 0 radical (unpaired) electrons. The van der Waals surface area contributed by atoms with E-state index in [1.165, 1.54) is 25.7 Å². The molecule has 1 saturated carbocycles. The predicted octanol–water partition coefficient (Wildman–Crippen LogP) is 3.50. The van der Waals surface area contributed by atoms with Gasteiger partial charge in [0, 0.05) is 0 Å². The maximum atomic E-state index is 6.00. The third-order valence-corrected chi connectivity index (χ3v) is 3.00. The van der Waals surface area contributed by atoms with Gasteiger partial charge in [-0.1, -0.05) is 33.6 Å². The van der Waals surface area contributed by atoms with E-state index in [4.69, 9.17) is 21.0 Å². The summed E-state index contributed by atoms with van der Waals surface area (Å²) in [6.45, 7) is 7.11.